The van der Waals surface area contributed by atoms with Gasteiger partial charge in [-0.15, -0.1) is 0 Å². The Balaban J connectivity index is 1.75. The van der Waals surface area contributed by atoms with Gasteiger partial charge in [0.1, 0.15) is 5.76 Å². The standard InChI is InChI=1S/C23H22Cl2N2O4/c24-16-7-5-15(6-8-16)21(28)19-20(17-3-1-2-4-18(17)25)27(23(30)22(19)29)10-9-26-11-13-31-14-12-26/h1-8,20,28H,9-14H2/b21-19+/t20-/m0/s1. The maximum atomic E-state index is 13.0. The first kappa shape index (κ1) is 21.8. The van der Waals surface area contributed by atoms with Gasteiger partial charge in [-0.05, 0) is 35.9 Å². The summed E-state index contributed by atoms with van der Waals surface area (Å²) in [7, 11) is 0. The molecular weight excluding hydrogens is 439 g/mol. The van der Waals surface area contributed by atoms with Crippen LogP contribution in [0.1, 0.15) is 17.2 Å². The molecule has 2 heterocycles. The zero-order chi connectivity index (χ0) is 22.0. The number of aliphatic hydroxyl groups is 1. The maximum absolute atomic E-state index is 13.0. The van der Waals surface area contributed by atoms with Gasteiger partial charge in [-0.25, -0.2) is 0 Å². The van der Waals surface area contributed by atoms with E-state index in [9.17, 15) is 14.7 Å². The second-order valence-corrected chi connectivity index (χ2v) is 8.32. The van der Waals surface area contributed by atoms with E-state index in [0.29, 0.717) is 47.5 Å². The van der Waals surface area contributed by atoms with Crippen LogP contribution in [0.25, 0.3) is 5.76 Å². The minimum atomic E-state index is -0.773. The summed E-state index contributed by atoms with van der Waals surface area (Å²) < 4.78 is 5.38. The monoisotopic (exact) mass is 460 g/mol. The first-order valence-corrected chi connectivity index (χ1v) is 10.8. The summed E-state index contributed by atoms with van der Waals surface area (Å²) in [6.07, 6.45) is 0. The van der Waals surface area contributed by atoms with Gasteiger partial charge >= 0.3 is 0 Å². The van der Waals surface area contributed by atoms with Crippen LogP contribution in [-0.2, 0) is 14.3 Å². The normalized spacial score (nSPS) is 21.6. The summed E-state index contributed by atoms with van der Waals surface area (Å²) in [6.45, 7) is 3.75. The molecule has 6 nitrogen and oxygen atoms in total. The van der Waals surface area contributed by atoms with E-state index in [0.717, 1.165) is 13.1 Å². The van der Waals surface area contributed by atoms with Crippen LogP contribution < -0.4 is 0 Å². The SMILES string of the molecule is O=C1C(=O)N(CCN2CCOCC2)[C@@H](c2ccccc2Cl)/C1=C(\O)c1ccc(Cl)cc1. The van der Waals surface area contributed by atoms with Gasteiger partial charge in [-0.1, -0.05) is 41.4 Å². The molecule has 31 heavy (non-hydrogen) atoms. The van der Waals surface area contributed by atoms with Crippen LogP contribution in [0.15, 0.2) is 54.1 Å². The van der Waals surface area contributed by atoms with Crippen LogP contribution in [0.2, 0.25) is 10.0 Å². The molecule has 162 valence electrons. The van der Waals surface area contributed by atoms with Gasteiger partial charge in [0.05, 0.1) is 24.8 Å². The van der Waals surface area contributed by atoms with Crippen molar-refractivity contribution in [2.75, 3.05) is 39.4 Å². The van der Waals surface area contributed by atoms with Gasteiger partial charge in [0.2, 0.25) is 0 Å². The number of benzene rings is 2. The molecule has 0 unspecified atom stereocenters. The average Bonchev–Trinajstić information content (AvgIpc) is 3.03. The number of Topliss-reactive ketones (excluding diaryl/α,β-unsaturated/α-hetero) is 1. The number of carbonyl (C=O) groups is 2. The number of nitrogens with zero attached hydrogens (tertiary/aromatic N) is 2. The molecule has 8 heteroatoms. The topological polar surface area (TPSA) is 70.1 Å². The zero-order valence-corrected chi connectivity index (χ0v) is 18.3. The number of ketones is 1. The molecule has 0 bridgehead atoms. The van der Waals surface area contributed by atoms with Crippen molar-refractivity contribution < 1.29 is 19.4 Å². The average molecular weight is 461 g/mol. The molecule has 0 aliphatic carbocycles. The first-order chi connectivity index (χ1) is 15.0. The number of amides is 1. The molecular formula is C23H22Cl2N2O4. The summed E-state index contributed by atoms with van der Waals surface area (Å²) in [5.41, 5.74) is 1.04. The minimum Gasteiger partial charge on any atom is -0.507 e. The van der Waals surface area contributed by atoms with Crippen molar-refractivity contribution in [2.45, 2.75) is 6.04 Å². The molecule has 2 fully saturated rings. The molecule has 1 atom stereocenters. The van der Waals surface area contributed by atoms with Crippen LogP contribution in [0.5, 0.6) is 0 Å². The van der Waals surface area contributed by atoms with E-state index in [4.69, 9.17) is 27.9 Å². The molecule has 2 aliphatic heterocycles. The third kappa shape index (κ3) is 4.48. The molecule has 2 aromatic rings. The quantitative estimate of drug-likeness (QED) is 0.418. The van der Waals surface area contributed by atoms with Crippen LogP contribution in [-0.4, -0.2) is 66.0 Å². The van der Waals surface area contributed by atoms with E-state index < -0.39 is 17.7 Å². The van der Waals surface area contributed by atoms with Crippen molar-refractivity contribution in [3.8, 4) is 0 Å². The predicted molar refractivity (Wildman–Crippen MR) is 119 cm³/mol. The van der Waals surface area contributed by atoms with E-state index in [2.05, 4.69) is 4.90 Å². The van der Waals surface area contributed by atoms with Crippen LogP contribution in [0.3, 0.4) is 0 Å². The summed E-state index contributed by atoms with van der Waals surface area (Å²) in [5.74, 6) is -1.61. The lowest BCUT2D eigenvalue weighted by molar-refractivity contribution is -0.140. The molecule has 0 saturated carbocycles. The third-order valence-corrected chi connectivity index (χ3v) is 6.21. The molecule has 1 N–H and O–H groups in total. The Labute approximate surface area is 190 Å². The van der Waals surface area contributed by atoms with Crippen molar-refractivity contribution in [1.29, 1.82) is 0 Å². The van der Waals surface area contributed by atoms with Crippen LogP contribution in [0, 0.1) is 0 Å². The summed E-state index contributed by atoms with van der Waals surface area (Å²) in [6, 6.07) is 12.8. The van der Waals surface area contributed by atoms with Crippen LogP contribution >= 0.6 is 23.2 Å². The molecule has 2 saturated heterocycles. The third-order valence-electron chi connectivity index (χ3n) is 5.62. The van der Waals surface area contributed by atoms with Gasteiger partial charge in [0, 0.05) is 41.8 Å². The predicted octanol–water partition coefficient (Wildman–Crippen LogP) is 3.75. The van der Waals surface area contributed by atoms with Crippen molar-refractivity contribution in [3.63, 3.8) is 0 Å². The molecule has 0 spiro atoms. The Morgan fingerprint density at radius 3 is 2.35 bits per heavy atom. The molecule has 0 aromatic heterocycles. The number of ether oxygens (including phenoxy) is 1. The van der Waals surface area contributed by atoms with Gasteiger partial charge < -0.3 is 14.7 Å². The van der Waals surface area contributed by atoms with Gasteiger partial charge in [-0.2, -0.15) is 0 Å². The molecule has 4 rings (SSSR count). The number of halogens is 2. The number of rotatable bonds is 5. The van der Waals surface area contributed by atoms with Crippen LogP contribution in [0.4, 0.5) is 0 Å². The van der Waals surface area contributed by atoms with E-state index in [1.165, 1.54) is 4.90 Å². The number of carbonyl (C=O) groups excluding carboxylic acids is 2. The lowest BCUT2D eigenvalue weighted by Crippen LogP contribution is -2.42. The lowest BCUT2D eigenvalue weighted by atomic mass is 9.95. The smallest absolute Gasteiger partial charge is 0.295 e. The van der Waals surface area contributed by atoms with Crippen molar-refractivity contribution in [1.82, 2.24) is 9.80 Å². The highest BCUT2D eigenvalue weighted by atomic mass is 35.5. The highest BCUT2D eigenvalue weighted by Crippen LogP contribution is 2.41. The molecule has 2 aromatic carbocycles. The molecule has 0 radical (unpaired) electrons. The lowest BCUT2D eigenvalue weighted by Gasteiger charge is -2.31. The number of hydrogen-bond acceptors (Lipinski definition) is 5. The fourth-order valence-corrected chi connectivity index (χ4v) is 4.33. The molecule has 2 aliphatic rings. The summed E-state index contributed by atoms with van der Waals surface area (Å²) >= 11 is 12.4. The number of hydrogen-bond donors (Lipinski definition) is 1. The van der Waals surface area contributed by atoms with E-state index in [1.807, 2.05) is 0 Å². The van der Waals surface area contributed by atoms with Crippen molar-refractivity contribution in [2.24, 2.45) is 0 Å². The maximum Gasteiger partial charge on any atom is 0.295 e. The second kappa shape index (κ2) is 9.40. The zero-order valence-electron chi connectivity index (χ0n) is 16.8. The van der Waals surface area contributed by atoms with Crippen molar-refractivity contribution in [3.05, 3.63) is 75.3 Å². The summed E-state index contributed by atoms with van der Waals surface area (Å²) in [5, 5.41) is 12.0. The largest absolute Gasteiger partial charge is 0.507 e. The van der Waals surface area contributed by atoms with E-state index in [-0.39, 0.29) is 11.3 Å². The Kier molecular flexibility index (Phi) is 6.62. The number of aliphatic hydroxyl groups excluding tert-OH is 1. The Morgan fingerprint density at radius 1 is 1.00 bits per heavy atom. The number of likely N-dealkylation sites (tertiary alicyclic amines) is 1. The van der Waals surface area contributed by atoms with Gasteiger partial charge in [-0.3, -0.25) is 14.5 Å². The molecule has 1 amide bonds. The summed E-state index contributed by atoms with van der Waals surface area (Å²) in [4.78, 5) is 29.7. The highest BCUT2D eigenvalue weighted by molar-refractivity contribution is 6.47. The first-order valence-electron chi connectivity index (χ1n) is 10.1. The minimum absolute atomic E-state index is 0.0300. The second-order valence-electron chi connectivity index (χ2n) is 7.47. The van der Waals surface area contributed by atoms with Crippen molar-refractivity contribution >= 4 is 40.7 Å². The Bertz CT molecular complexity index is 1020. The Hall–Kier alpha value is -2.38. The van der Waals surface area contributed by atoms with E-state index in [1.54, 1.807) is 48.5 Å². The fourth-order valence-electron chi connectivity index (χ4n) is 3.97. The van der Waals surface area contributed by atoms with E-state index >= 15 is 0 Å². The van der Waals surface area contributed by atoms with Gasteiger partial charge in [0.15, 0.2) is 0 Å². The number of morpholine rings is 1. The fraction of sp³-hybridized carbons (Fsp3) is 0.304. The highest BCUT2D eigenvalue weighted by Gasteiger charge is 2.46. The van der Waals surface area contributed by atoms with Gasteiger partial charge in [0.25, 0.3) is 11.7 Å². The Morgan fingerprint density at radius 2 is 1.68 bits per heavy atom.